The Morgan fingerprint density at radius 2 is 1.73 bits per heavy atom. The number of hydrogen-bond acceptors (Lipinski definition) is 5. The van der Waals surface area contributed by atoms with Crippen LogP contribution < -0.4 is 11.1 Å². The van der Waals surface area contributed by atoms with Gasteiger partial charge in [0.25, 0.3) is 0 Å². The number of nitrogen functional groups attached to an aromatic ring is 1. The minimum absolute atomic E-state index is 0.0448. The quantitative estimate of drug-likeness (QED) is 0.480. The van der Waals surface area contributed by atoms with E-state index in [1.165, 1.54) is 13.8 Å². The van der Waals surface area contributed by atoms with Gasteiger partial charge < -0.3 is 20.4 Å². The molecule has 2 rings (SSSR count). The summed E-state index contributed by atoms with van der Waals surface area (Å²) in [5, 5.41) is 2.78. The molecule has 0 aromatic heterocycles. The fraction of sp³-hybridized carbons (Fsp3) is 0.474. The second kappa shape index (κ2) is 7.25. The van der Waals surface area contributed by atoms with Crippen molar-refractivity contribution < 1.29 is 18.9 Å². The molecule has 7 heteroatoms. The number of ketones is 1. The van der Waals surface area contributed by atoms with Crippen LogP contribution in [-0.2, 0) is 14.1 Å². The van der Waals surface area contributed by atoms with Crippen molar-refractivity contribution in [2.75, 3.05) is 12.3 Å². The number of rotatable bonds is 5. The van der Waals surface area contributed by atoms with Gasteiger partial charge in [-0.05, 0) is 51.7 Å². The van der Waals surface area contributed by atoms with E-state index in [0.29, 0.717) is 11.3 Å². The molecule has 1 aromatic carbocycles. The van der Waals surface area contributed by atoms with Gasteiger partial charge in [0.2, 0.25) is 5.91 Å². The Morgan fingerprint density at radius 1 is 1.15 bits per heavy atom. The third-order valence-electron chi connectivity index (χ3n) is 4.93. The normalized spacial score (nSPS) is 18.7. The predicted molar refractivity (Wildman–Crippen MR) is 104 cm³/mol. The highest BCUT2D eigenvalue weighted by molar-refractivity contribution is 6.56. The van der Waals surface area contributed by atoms with E-state index in [0.717, 1.165) is 11.0 Å². The molecule has 140 valence electrons. The maximum absolute atomic E-state index is 11.5. The summed E-state index contributed by atoms with van der Waals surface area (Å²) in [5.41, 5.74) is 7.65. The zero-order valence-electron chi connectivity index (χ0n) is 16.3. The first kappa shape index (κ1) is 20.2. The molecule has 1 fully saturated rings. The van der Waals surface area contributed by atoms with Crippen molar-refractivity contribution in [3.8, 4) is 0 Å². The predicted octanol–water partition coefficient (Wildman–Crippen LogP) is 2.62. The van der Waals surface area contributed by atoms with E-state index < -0.39 is 18.3 Å². The Hall–Kier alpha value is -2.12. The molecular weight excluding hydrogens is 331 g/mol. The summed E-state index contributed by atoms with van der Waals surface area (Å²) >= 11 is 0. The molecule has 1 aromatic rings. The largest absolute Gasteiger partial charge is 0.492 e. The van der Waals surface area contributed by atoms with Crippen LogP contribution in [0, 0.1) is 0 Å². The standard InChI is InChI=1S/C19H27BN2O4/c1-12(23)14-7-8-15(17(21)10-14)9-16(11-22-13(2)24)20-25-18(3,4)19(5,6)26-20/h7-10H,11,21H2,1-6H3,(H,22,24). The number of nitrogens with two attached hydrogens (primary N) is 1. The molecule has 1 amide bonds. The summed E-state index contributed by atoms with van der Waals surface area (Å²) in [6, 6.07) is 5.16. The van der Waals surface area contributed by atoms with Crippen molar-refractivity contribution in [1.29, 1.82) is 0 Å². The van der Waals surface area contributed by atoms with Crippen LogP contribution in [0.4, 0.5) is 5.69 Å². The summed E-state index contributed by atoms with van der Waals surface area (Å²) in [7, 11) is -0.598. The molecule has 1 aliphatic heterocycles. The first-order valence-electron chi connectivity index (χ1n) is 8.64. The number of hydrogen-bond donors (Lipinski definition) is 2. The maximum atomic E-state index is 11.5. The van der Waals surface area contributed by atoms with Crippen LogP contribution in [0.1, 0.15) is 57.5 Å². The Kier molecular flexibility index (Phi) is 5.63. The van der Waals surface area contributed by atoms with Gasteiger partial charge in [-0.25, -0.2) is 0 Å². The van der Waals surface area contributed by atoms with Gasteiger partial charge in [0, 0.05) is 24.7 Å². The van der Waals surface area contributed by atoms with E-state index >= 15 is 0 Å². The Bertz CT molecular complexity index is 740. The van der Waals surface area contributed by atoms with E-state index in [9.17, 15) is 9.59 Å². The highest BCUT2D eigenvalue weighted by atomic mass is 16.7. The second-order valence-electron chi connectivity index (χ2n) is 7.62. The molecule has 0 atom stereocenters. The van der Waals surface area contributed by atoms with Crippen LogP contribution in [-0.4, -0.2) is 36.6 Å². The molecular formula is C19H27BN2O4. The van der Waals surface area contributed by atoms with E-state index in [1.807, 2.05) is 33.8 Å². The number of benzene rings is 1. The van der Waals surface area contributed by atoms with Crippen molar-refractivity contribution in [2.24, 2.45) is 0 Å². The number of anilines is 1. The molecule has 1 aliphatic rings. The highest BCUT2D eigenvalue weighted by Crippen LogP contribution is 2.39. The van der Waals surface area contributed by atoms with Crippen LogP contribution in [0.15, 0.2) is 23.7 Å². The molecule has 1 saturated heterocycles. The number of nitrogens with one attached hydrogen (secondary N) is 1. The Morgan fingerprint density at radius 3 is 2.19 bits per heavy atom. The summed E-state index contributed by atoms with van der Waals surface area (Å²) in [4.78, 5) is 22.9. The van der Waals surface area contributed by atoms with E-state index in [2.05, 4.69) is 5.32 Å². The van der Waals surface area contributed by atoms with E-state index in [-0.39, 0.29) is 18.2 Å². The third kappa shape index (κ3) is 4.34. The SMILES string of the molecule is CC(=O)NCC(=Cc1ccc(C(C)=O)cc1N)B1OC(C)(C)C(C)(C)O1. The van der Waals surface area contributed by atoms with Crippen LogP contribution in [0.3, 0.4) is 0 Å². The molecule has 0 bridgehead atoms. The fourth-order valence-corrected chi connectivity index (χ4v) is 2.55. The van der Waals surface area contributed by atoms with Gasteiger partial charge in [0.1, 0.15) is 0 Å². The van der Waals surface area contributed by atoms with Crippen LogP contribution in [0.5, 0.6) is 0 Å². The second-order valence-corrected chi connectivity index (χ2v) is 7.62. The third-order valence-corrected chi connectivity index (χ3v) is 4.93. The molecule has 0 spiro atoms. The molecule has 0 saturated carbocycles. The number of Topliss-reactive ketones (excluding diaryl/α,β-unsaturated/α-hetero) is 1. The lowest BCUT2D eigenvalue weighted by atomic mass is 9.76. The number of amides is 1. The van der Waals surface area contributed by atoms with Crippen LogP contribution >= 0.6 is 0 Å². The highest BCUT2D eigenvalue weighted by Gasteiger charge is 2.52. The van der Waals surface area contributed by atoms with Crippen LogP contribution in [0.2, 0.25) is 0 Å². The van der Waals surface area contributed by atoms with Crippen molar-refractivity contribution in [1.82, 2.24) is 5.32 Å². The molecule has 0 radical (unpaired) electrons. The lowest BCUT2D eigenvalue weighted by molar-refractivity contribution is -0.118. The molecule has 6 nitrogen and oxygen atoms in total. The minimum atomic E-state index is -0.598. The topological polar surface area (TPSA) is 90.7 Å². The average Bonchev–Trinajstić information content (AvgIpc) is 2.72. The molecule has 0 unspecified atom stereocenters. The number of carbonyl (C=O) groups is 2. The van der Waals surface area contributed by atoms with E-state index in [1.54, 1.807) is 18.2 Å². The van der Waals surface area contributed by atoms with Crippen molar-refractivity contribution in [3.63, 3.8) is 0 Å². The smallest absolute Gasteiger partial charge is 0.400 e. The molecule has 0 aliphatic carbocycles. The molecule has 1 heterocycles. The first-order chi connectivity index (χ1) is 11.9. The Balaban J connectivity index is 2.38. The van der Waals surface area contributed by atoms with Gasteiger partial charge in [-0.2, -0.15) is 0 Å². The van der Waals surface area contributed by atoms with E-state index in [4.69, 9.17) is 15.0 Å². The maximum Gasteiger partial charge on any atom is 0.492 e. The first-order valence-corrected chi connectivity index (χ1v) is 8.64. The summed E-state index contributed by atoms with van der Waals surface area (Å²) in [6.07, 6.45) is 1.84. The van der Waals surface area contributed by atoms with Gasteiger partial charge >= 0.3 is 7.12 Å². The van der Waals surface area contributed by atoms with Gasteiger partial charge in [0.05, 0.1) is 11.2 Å². The zero-order valence-corrected chi connectivity index (χ0v) is 16.3. The molecule has 26 heavy (non-hydrogen) atoms. The fourth-order valence-electron chi connectivity index (χ4n) is 2.55. The lowest BCUT2D eigenvalue weighted by Crippen LogP contribution is -2.41. The minimum Gasteiger partial charge on any atom is -0.400 e. The van der Waals surface area contributed by atoms with Crippen LogP contribution in [0.25, 0.3) is 6.08 Å². The van der Waals surface area contributed by atoms with Crippen molar-refractivity contribution >= 4 is 30.6 Å². The van der Waals surface area contributed by atoms with Gasteiger partial charge in [-0.3, -0.25) is 9.59 Å². The summed E-state index contributed by atoms with van der Waals surface area (Å²) in [6.45, 7) is 11.1. The Labute approximate surface area is 155 Å². The van der Waals surface area contributed by atoms with Gasteiger partial charge in [-0.15, -0.1) is 0 Å². The lowest BCUT2D eigenvalue weighted by Gasteiger charge is -2.32. The van der Waals surface area contributed by atoms with Crippen molar-refractivity contribution in [2.45, 2.75) is 52.7 Å². The zero-order chi connectivity index (χ0) is 19.7. The number of carbonyl (C=O) groups excluding carboxylic acids is 2. The van der Waals surface area contributed by atoms with Gasteiger partial charge in [0.15, 0.2) is 5.78 Å². The monoisotopic (exact) mass is 358 g/mol. The van der Waals surface area contributed by atoms with Gasteiger partial charge in [-0.1, -0.05) is 18.2 Å². The molecule has 3 N–H and O–H groups in total. The summed E-state index contributed by atoms with van der Waals surface area (Å²) < 4.78 is 12.2. The average molecular weight is 358 g/mol. The van der Waals surface area contributed by atoms with Crippen molar-refractivity contribution in [3.05, 3.63) is 34.8 Å². The summed E-state index contributed by atoms with van der Waals surface area (Å²) in [5.74, 6) is -0.191.